The van der Waals surface area contributed by atoms with Crippen LogP contribution in [-0.2, 0) is 22.5 Å². The first-order chi connectivity index (χ1) is 17.7. The molecule has 7 nitrogen and oxygen atoms in total. The third kappa shape index (κ3) is 7.31. The highest BCUT2D eigenvalue weighted by atomic mass is 19.4. The normalized spacial score (nSPS) is 15.5. The van der Waals surface area contributed by atoms with E-state index in [1.165, 1.54) is 6.42 Å². The quantitative estimate of drug-likeness (QED) is 0.340. The number of carboxylic acids is 1. The van der Waals surface area contributed by atoms with Crippen LogP contribution in [0.15, 0.2) is 48.7 Å². The van der Waals surface area contributed by atoms with Gasteiger partial charge in [0.25, 0.3) is 0 Å². The molecule has 1 aromatic carbocycles. The largest absolute Gasteiger partial charge is 0.492 e. The number of hydrogen-bond acceptors (Lipinski definition) is 5. The van der Waals surface area contributed by atoms with Gasteiger partial charge in [0.05, 0.1) is 6.54 Å². The molecule has 1 N–H and O–H groups in total. The minimum Gasteiger partial charge on any atom is -0.492 e. The van der Waals surface area contributed by atoms with E-state index in [9.17, 15) is 22.8 Å². The maximum absolute atomic E-state index is 12.9. The van der Waals surface area contributed by atoms with Crippen LogP contribution in [0.4, 0.5) is 13.2 Å². The number of pyridine rings is 1. The summed E-state index contributed by atoms with van der Waals surface area (Å²) in [4.78, 5) is 28.8. The second kappa shape index (κ2) is 11.8. The summed E-state index contributed by atoms with van der Waals surface area (Å²) in [6.07, 6.45) is 0.685. The smallest absolute Gasteiger partial charge is 0.411 e. The molecule has 2 heterocycles. The molecular weight excluding hydrogens is 489 g/mol. The van der Waals surface area contributed by atoms with Crippen molar-refractivity contribution in [1.29, 1.82) is 0 Å². The molecule has 0 saturated heterocycles. The average molecular weight is 519 g/mol. The van der Waals surface area contributed by atoms with Crippen LogP contribution < -0.4 is 4.74 Å². The van der Waals surface area contributed by atoms with Crippen molar-refractivity contribution in [2.75, 3.05) is 13.2 Å². The predicted octanol–water partition coefficient (Wildman–Crippen LogP) is 5.45. The van der Waals surface area contributed by atoms with Gasteiger partial charge in [0.2, 0.25) is 0 Å². The van der Waals surface area contributed by atoms with E-state index < -0.39 is 24.9 Å². The number of halogens is 3. The van der Waals surface area contributed by atoms with Crippen LogP contribution in [0.3, 0.4) is 0 Å². The molecule has 1 saturated carbocycles. The topological polar surface area (TPSA) is 90.7 Å². The highest BCUT2D eigenvalue weighted by Crippen LogP contribution is 2.27. The standard InChI is InChI=1S/C27H29F3N2O5/c28-27(29,30)17-37-23(26(34)35)16-18-6-9-21(10-7-18)36-15-14-32-13-12-20-8-11-22(31-25(20)32)24(33)19-4-2-1-3-5-19/h6-13,19,23H,1-5,14-17H2,(H,34,35). The van der Waals surface area contributed by atoms with Crippen molar-refractivity contribution in [2.24, 2.45) is 5.92 Å². The van der Waals surface area contributed by atoms with Crippen LogP contribution in [0.2, 0.25) is 0 Å². The van der Waals surface area contributed by atoms with E-state index in [1.807, 2.05) is 22.9 Å². The summed E-state index contributed by atoms with van der Waals surface area (Å²) in [6, 6.07) is 12.1. The zero-order valence-corrected chi connectivity index (χ0v) is 20.2. The van der Waals surface area contributed by atoms with Gasteiger partial charge in [-0.25, -0.2) is 9.78 Å². The summed E-state index contributed by atoms with van der Waals surface area (Å²) in [6.45, 7) is -0.811. The minimum atomic E-state index is -4.60. The molecule has 0 spiro atoms. The Balaban J connectivity index is 1.33. The summed E-state index contributed by atoms with van der Waals surface area (Å²) in [5, 5.41) is 10.1. The molecule has 0 amide bonds. The van der Waals surface area contributed by atoms with Crippen molar-refractivity contribution >= 4 is 22.8 Å². The van der Waals surface area contributed by atoms with Crippen molar-refractivity contribution in [2.45, 2.75) is 57.3 Å². The number of carbonyl (C=O) groups is 2. The Bertz CT molecular complexity index is 1220. The summed E-state index contributed by atoms with van der Waals surface area (Å²) in [5.74, 6) is -0.764. The molecule has 4 rings (SSSR count). The van der Waals surface area contributed by atoms with E-state index >= 15 is 0 Å². The van der Waals surface area contributed by atoms with Crippen LogP contribution in [-0.4, -0.2) is 51.9 Å². The van der Waals surface area contributed by atoms with Crippen molar-refractivity contribution in [1.82, 2.24) is 9.55 Å². The molecule has 1 fully saturated rings. The number of carboxylic acid groups (broad SMARTS) is 1. The third-order valence-electron chi connectivity index (χ3n) is 6.51. The van der Waals surface area contributed by atoms with E-state index in [1.54, 1.807) is 30.3 Å². The van der Waals surface area contributed by atoms with E-state index in [2.05, 4.69) is 9.72 Å². The van der Waals surface area contributed by atoms with Gasteiger partial charge in [0, 0.05) is 23.9 Å². The van der Waals surface area contributed by atoms with Crippen LogP contribution in [0.25, 0.3) is 11.0 Å². The van der Waals surface area contributed by atoms with Gasteiger partial charge in [-0.1, -0.05) is 31.4 Å². The van der Waals surface area contributed by atoms with Crippen molar-refractivity contribution < 1.29 is 37.3 Å². The van der Waals surface area contributed by atoms with Gasteiger partial charge in [-0.05, 0) is 48.7 Å². The number of nitrogens with zero attached hydrogens (tertiary/aromatic N) is 2. The fourth-order valence-electron chi connectivity index (χ4n) is 4.56. The first kappa shape index (κ1) is 26.7. The van der Waals surface area contributed by atoms with Crippen LogP contribution in [0.1, 0.15) is 48.2 Å². The number of aromatic nitrogens is 2. The van der Waals surface area contributed by atoms with Gasteiger partial charge in [-0.15, -0.1) is 0 Å². The van der Waals surface area contributed by atoms with E-state index in [0.29, 0.717) is 30.2 Å². The first-order valence-electron chi connectivity index (χ1n) is 12.3. The fraction of sp³-hybridized carbons (Fsp3) is 0.444. The van der Waals surface area contributed by atoms with Crippen molar-refractivity contribution in [3.05, 3.63) is 59.9 Å². The number of rotatable bonds is 11. The van der Waals surface area contributed by atoms with Crippen LogP contribution in [0, 0.1) is 5.92 Å². The molecule has 1 aliphatic carbocycles. The van der Waals surface area contributed by atoms with E-state index in [0.717, 1.165) is 36.7 Å². The number of Topliss-reactive ketones (excluding diaryl/α,β-unsaturated/α-hetero) is 1. The Labute approximate surface area is 212 Å². The number of ether oxygens (including phenoxy) is 2. The molecule has 2 aromatic heterocycles. The Morgan fingerprint density at radius 3 is 2.46 bits per heavy atom. The lowest BCUT2D eigenvalue weighted by molar-refractivity contribution is -0.192. The molecule has 198 valence electrons. The fourth-order valence-corrected chi connectivity index (χ4v) is 4.56. The summed E-state index contributed by atoms with van der Waals surface area (Å²) in [5.41, 5.74) is 1.73. The second-order valence-corrected chi connectivity index (χ2v) is 9.27. The Morgan fingerprint density at radius 1 is 1.05 bits per heavy atom. The zero-order chi connectivity index (χ0) is 26.4. The maximum Gasteiger partial charge on any atom is 0.411 e. The van der Waals surface area contributed by atoms with Crippen LogP contribution >= 0.6 is 0 Å². The minimum absolute atomic E-state index is 0.0513. The van der Waals surface area contributed by atoms with Gasteiger partial charge in [-0.3, -0.25) is 4.79 Å². The molecule has 37 heavy (non-hydrogen) atoms. The Hall–Kier alpha value is -3.40. The number of ketones is 1. The molecular formula is C27H29F3N2O5. The molecule has 0 radical (unpaired) electrons. The van der Waals surface area contributed by atoms with E-state index in [-0.39, 0.29) is 18.1 Å². The lowest BCUT2D eigenvalue weighted by Gasteiger charge is -2.19. The highest BCUT2D eigenvalue weighted by molar-refractivity contribution is 5.97. The van der Waals surface area contributed by atoms with Crippen molar-refractivity contribution in [3.63, 3.8) is 0 Å². The van der Waals surface area contributed by atoms with Crippen LogP contribution in [0.5, 0.6) is 5.75 Å². The number of benzene rings is 1. The second-order valence-electron chi connectivity index (χ2n) is 9.27. The van der Waals surface area contributed by atoms with Gasteiger partial charge in [-0.2, -0.15) is 13.2 Å². The molecule has 0 bridgehead atoms. The Morgan fingerprint density at radius 2 is 1.78 bits per heavy atom. The monoisotopic (exact) mass is 518 g/mol. The number of aliphatic carboxylic acids is 1. The van der Waals surface area contributed by atoms with Gasteiger partial charge in [0.1, 0.15) is 30.3 Å². The van der Waals surface area contributed by atoms with Gasteiger partial charge in [0.15, 0.2) is 11.9 Å². The third-order valence-corrected chi connectivity index (χ3v) is 6.51. The molecule has 10 heteroatoms. The number of fused-ring (bicyclic) bond motifs is 1. The predicted molar refractivity (Wildman–Crippen MR) is 130 cm³/mol. The summed E-state index contributed by atoms with van der Waals surface area (Å²) < 4.78 is 49.3. The van der Waals surface area contributed by atoms with E-state index in [4.69, 9.17) is 9.84 Å². The molecule has 1 atom stereocenters. The lowest BCUT2D eigenvalue weighted by Crippen LogP contribution is -2.31. The number of alkyl halides is 3. The highest BCUT2D eigenvalue weighted by Gasteiger charge is 2.31. The lowest BCUT2D eigenvalue weighted by atomic mass is 9.85. The molecule has 1 aliphatic rings. The molecule has 1 unspecified atom stereocenters. The first-order valence-corrected chi connectivity index (χ1v) is 12.3. The maximum atomic E-state index is 12.9. The SMILES string of the molecule is O=C(c1ccc2ccn(CCOc3ccc(CC(OCC(F)(F)F)C(=O)O)cc3)c2n1)C1CCCCC1. The zero-order valence-electron chi connectivity index (χ0n) is 20.2. The number of carbonyl (C=O) groups excluding carboxylic acids is 1. The number of hydrogen-bond donors (Lipinski definition) is 1. The summed E-state index contributed by atoms with van der Waals surface area (Å²) in [7, 11) is 0. The Kier molecular flexibility index (Phi) is 8.48. The molecule has 0 aliphatic heterocycles. The average Bonchev–Trinajstić information content (AvgIpc) is 3.29. The van der Waals surface area contributed by atoms with Gasteiger partial charge >= 0.3 is 12.1 Å². The molecule has 3 aromatic rings. The van der Waals surface area contributed by atoms with Crippen molar-refractivity contribution in [3.8, 4) is 5.75 Å². The summed E-state index contributed by atoms with van der Waals surface area (Å²) >= 11 is 0. The van der Waals surface area contributed by atoms with Gasteiger partial charge < -0.3 is 19.1 Å².